The lowest BCUT2D eigenvalue weighted by Gasteiger charge is -2.44. The fourth-order valence-corrected chi connectivity index (χ4v) is 3.68. The summed E-state index contributed by atoms with van der Waals surface area (Å²) in [5.74, 6) is -4.92. The molecule has 0 radical (unpaired) electrons. The molecule has 128 valence electrons. The number of halogens is 2. The van der Waals surface area contributed by atoms with Gasteiger partial charge >= 0.3 is 5.92 Å². The minimum atomic E-state index is -3.71. The number of aromatic nitrogens is 1. The van der Waals surface area contributed by atoms with E-state index in [1.165, 1.54) is 4.90 Å². The maximum atomic E-state index is 14.6. The molecule has 1 amide bonds. The average molecular weight is 326 g/mol. The number of carbonyl (C=O) groups is 1. The van der Waals surface area contributed by atoms with Crippen LogP contribution in [0.3, 0.4) is 0 Å². The minimum absolute atomic E-state index is 0.00555. The maximum absolute atomic E-state index is 14.6. The number of amides is 1. The molecule has 1 saturated heterocycles. The number of likely N-dealkylation sites (tertiary alicyclic amines) is 1. The highest BCUT2D eigenvalue weighted by Gasteiger charge is 2.62. The Kier molecular flexibility index (Phi) is 4.21. The Morgan fingerprint density at radius 3 is 2.61 bits per heavy atom. The second kappa shape index (κ2) is 5.89. The molecule has 2 aliphatic rings. The molecular weight excluding hydrogens is 302 g/mol. The summed E-state index contributed by atoms with van der Waals surface area (Å²) >= 11 is 0. The summed E-state index contributed by atoms with van der Waals surface area (Å²) in [6.45, 7) is 0.320. The van der Waals surface area contributed by atoms with Crippen LogP contribution >= 0.6 is 0 Å². The SMILES string of the molecule is Cn1cccc1C1CCCCCN1C(=O)C(F)(F)C1(O)CCC1. The molecule has 6 heteroatoms. The van der Waals surface area contributed by atoms with Crippen molar-refractivity contribution >= 4 is 5.91 Å². The Morgan fingerprint density at radius 2 is 2.04 bits per heavy atom. The largest absolute Gasteiger partial charge is 0.383 e. The standard InChI is InChI=1S/C17H24F2N2O2/c1-20-11-5-8-13(20)14-7-3-2-4-12-21(14)15(22)17(18,19)16(23)9-6-10-16/h5,8,11,14,23H,2-4,6-7,9-10,12H2,1H3. The fourth-order valence-electron chi connectivity index (χ4n) is 3.68. The van der Waals surface area contributed by atoms with Gasteiger partial charge in [0, 0.05) is 25.5 Å². The van der Waals surface area contributed by atoms with Crippen LogP contribution < -0.4 is 0 Å². The lowest BCUT2D eigenvalue weighted by Crippen LogP contribution is -2.61. The molecule has 2 heterocycles. The van der Waals surface area contributed by atoms with Crippen molar-refractivity contribution in [3.05, 3.63) is 24.0 Å². The molecule has 1 aromatic rings. The van der Waals surface area contributed by atoms with Gasteiger partial charge in [0.15, 0.2) is 0 Å². The lowest BCUT2D eigenvalue weighted by molar-refractivity contribution is -0.225. The quantitative estimate of drug-likeness (QED) is 0.928. The smallest absolute Gasteiger partial charge is 0.352 e. The number of carbonyl (C=O) groups excluding carboxylic acids is 1. The third kappa shape index (κ3) is 2.67. The van der Waals surface area contributed by atoms with Gasteiger partial charge in [-0.3, -0.25) is 4.79 Å². The van der Waals surface area contributed by atoms with Crippen LogP contribution in [0.4, 0.5) is 8.78 Å². The second-order valence-electron chi connectivity index (χ2n) is 6.87. The van der Waals surface area contributed by atoms with Crippen molar-refractivity contribution in [1.29, 1.82) is 0 Å². The first-order valence-electron chi connectivity index (χ1n) is 8.39. The van der Waals surface area contributed by atoms with E-state index in [9.17, 15) is 18.7 Å². The fraction of sp³-hybridized carbons (Fsp3) is 0.706. The number of hydrogen-bond acceptors (Lipinski definition) is 2. The number of hydrogen-bond donors (Lipinski definition) is 1. The van der Waals surface area contributed by atoms with Crippen molar-refractivity contribution in [3.63, 3.8) is 0 Å². The molecule has 3 rings (SSSR count). The van der Waals surface area contributed by atoms with Gasteiger partial charge in [-0.25, -0.2) is 0 Å². The highest BCUT2D eigenvalue weighted by molar-refractivity contribution is 5.85. The summed E-state index contributed by atoms with van der Waals surface area (Å²) in [5, 5.41) is 10.1. The normalized spacial score (nSPS) is 24.9. The highest BCUT2D eigenvalue weighted by Crippen LogP contribution is 2.46. The number of aryl methyl sites for hydroxylation is 1. The van der Waals surface area contributed by atoms with E-state index in [1.807, 2.05) is 29.9 Å². The third-order valence-electron chi connectivity index (χ3n) is 5.37. The van der Waals surface area contributed by atoms with Crippen LogP contribution in [0, 0.1) is 0 Å². The van der Waals surface area contributed by atoms with E-state index in [2.05, 4.69) is 0 Å². The van der Waals surface area contributed by atoms with Gasteiger partial charge < -0.3 is 14.6 Å². The molecule has 0 spiro atoms. The number of rotatable bonds is 3. The Bertz CT molecular complexity index is 581. The zero-order chi connectivity index (χ0) is 16.7. The summed E-state index contributed by atoms with van der Waals surface area (Å²) in [6, 6.07) is 3.40. The topological polar surface area (TPSA) is 45.5 Å². The van der Waals surface area contributed by atoms with Crippen molar-refractivity contribution in [2.75, 3.05) is 6.54 Å². The van der Waals surface area contributed by atoms with Crippen LogP contribution in [0.5, 0.6) is 0 Å². The van der Waals surface area contributed by atoms with Gasteiger partial charge in [-0.05, 0) is 44.2 Å². The van der Waals surface area contributed by atoms with Gasteiger partial charge in [0.25, 0.3) is 5.91 Å². The van der Waals surface area contributed by atoms with E-state index < -0.39 is 17.4 Å². The van der Waals surface area contributed by atoms with E-state index in [4.69, 9.17) is 0 Å². The van der Waals surface area contributed by atoms with E-state index in [1.54, 1.807) is 0 Å². The maximum Gasteiger partial charge on any atom is 0.352 e. The van der Waals surface area contributed by atoms with Gasteiger partial charge in [-0.2, -0.15) is 8.78 Å². The first-order valence-corrected chi connectivity index (χ1v) is 8.39. The molecule has 4 nitrogen and oxygen atoms in total. The van der Waals surface area contributed by atoms with E-state index in [-0.39, 0.29) is 18.9 Å². The number of alkyl halides is 2. The molecule has 1 aliphatic heterocycles. The van der Waals surface area contributed by atoms with Crippen LogP contribution in [0.25, 0.3) is 0 Å². The van der Waals surface area contributed by atoms with Crippen LogP contribution in [-0.2, 0) is 11.8 Å². The average Bonchev–Trinajstić information content (AvgIpc) is 2.76. The van der Waals surface area contributed by atoms with Gasteiger partial charge in [0.1, 0.15) is 5.60 Å². The van der Waals surface area contributed by atoms with E-state index >= 15 is 0 Å². The summed E-state index contributed by atoms with van der Waals surface area (Å²) in [6.07, 6.45) is 5.64. The Labute approximate surface area is 135 Å². The molecule has 1 N–H and O–H groups in total. The van der Waals surface area contributed by atoms with Crippen molar-refractivity contribution in [2.24, 2.45) is 7.05 Å². The third-order valence-corrected chi connectivity index (χ3v) is 5.37. The molecule has 1 aliphatic carbocycles. The molecule has 0 aromatic carbocycles. The Balaban J connectivity index is 1.90. The number of aliphatic hydroxyl groups is 1. The van der Waals surface area contributed by atoms with Gasteiger partial charge in [-0.1, -0.05) is 12.8 Å². The molecule has 23 heavy (non-hydrogen) atoms. The first-order chi connectivity index (χ1) is 10.9. The molecule has 1 unspecified atom stereocenters. The van der Waals surface area contributed by atoms with Crippen molar-refractivity contribution in [3.8, 4) is 0 Å². The van der Waals surface area contributed by atoms with Crippen LogP contribution in [0.1, 0.15) is 56.7 Å². The zero-order valence-electron chi connectivity index (χ0n) is 13.5. The summed E-state index contributed by atoms with van der Waals surface area (Å²) in [4.78, 5) is 13.9. The monoisotopic (exact) mass is 326 g/mol. The Hall–Kier alpha value is -1.43. The summed E-state index contributed by atoms with van der Waals surface area (Å²) < 4.78 is 31.1. The van der Waals surface area contributed by atoms with E-state index in [0.29, 0.717) is 19.4 Å². The second-order valence-corrected chi connectivity index (χ2v) is 6.87. The van der Waals surface area contributed by atoms with Gasteiger partial charge in [-0.15, -0.1) is 0 Å². The molecule has 1 atom stereocenters. The van der Waals surface area contributed by atoms with Gasteiger partial charge in [0.2, 0.25) is 0 Å². The summed E-state index contributed by atoms with van der Waals surface area (Å²) in [7, 11) is 1.86. The molecule has 2 fully saturated rings. The summed E-state index contributed by atoms with van der Waals surface area (Å²) in [5.41, 5.74) is -1.29. The van der Waals surface area contributed by atoms with Crippen molar-refractivity contribution in [1.82, 2.24) is 9.47 Å². The van der Waals surface area contributed by atoms with Crippen molar-refractivity contribution < 1.29 is 18.7 Å². The first kappa shape index (κ1) is 16.4. The number of nitrogens with zero attached hydrogens (tertiary/aromatic N) is 2. The molecular formula is C17H24F2N2O2. The Morgan fingerprint density at radius 1 is 1.30 bits per heavy atom. The van der Waals surface area contributed by atoms with Crippen LogP contribution in [0.15, 0.2) is 18.3 Å². The molecule has 0 bridgehead atoms. The van der Waals surface area contributed by atoms with Crippen LogP contribution in [-0.4, -0.2) is 38.5 Å². The minimum Gasteiger partial charge on any atom is -0.383 e. The predicted molar refractivity (Wildman–Crippen MR) is 82.1 cm³/mol. The highest BCUT2D eigenvalue weighted by atomic mass is 19.3. The van der Waals surface area contributed by atoms with E-state index in [0.717, 1.165) is 25.0 Å². The van der Waals surface area contributed by atoms with Crippen LogP contribution in [0.2, 0.25) is 0 Å². The lowest BCUT2D eigenvalue weighted by atomic mass is 9.74. The van der Waals surface area contributed by atoms with Crippen molar-refractivity contribution in [2.45, 2.75) is 62.5 Å². The predicted octanol–water partition coefficient (Wildman–Crippen LogP) is 3.02. The molecule has 1 saturated carbocycles. The van der Waals surface area contributed by atoms with Gasteiger partial charge in [0.05, 0.1) is 6.04 Å². The zero-order valence-corrected chi connectivity index (χ0v) is 13.5. The molecule has 1 aromatic heterocycles.